The van der Waals surface area contributed by atoms with Gasteiger partial charge in [0.1, 0.15) is 0 Å². The molecule has 0 aliphatic rings. The number of anilines is 1. The smallest absolute Gasteiger partial charge is 0.225 e. The maximum atomic E-state index is 12.0. The number of rotatable bonds is 6. The molecule has 3 nitrogen and oxygen atoms in total. The summed E-state index contributed by atoms with van der Waals surface area (Å²) in [7, 11) is 0. The molecule has 0 heterocycles. The van der Waals surface area contributed by atoms with E-state index in [1.807, 2.05) is 37.3 Å². The van der Waals surface area contributed by atoms with Gasteiger partial charge in [-0.3, -0.25) is 4.79 Å². The van der Waals surface area contributed by atoms with Crippen LogP contribution in [0.1, 0.15) is 23.1 Å². The Balaban J connectivity index is 1.75. The van der Waals surface area contributed by atoms with Crippen molar-refractivity contribution in [1.29, 1.82) is 0 Å². The molecule has 2 rings (SSSR count). The van der Waals surface area contributed by atoms with Gasteiger partial charge in [0.2, 0.25) is 5.91 Å². The fourth-order valence-electron chi connectivity index (χ4n) is 2.21. The Bertz CT molecular complexity index is 655. The Morgan fingerprint density at radius 1 is 1.09 bits per heavy atom. The number of aryl methyl sites for hydroxylation is 2. The topological polar surface area (TPSA) is 41.1 Å². The number of carbonyl (C=O) groups is 1. The first-order valence-electron chi connectivity index (χ1n) is 7.37. The van der Waals surface area contributed by atoms with Gasteiger partial charge >= 0.3 is 0 Å². The van der Waals surface area contributed by atoms with E-state index >= 15 is 0 Å². The van der Waals surface area contributed by atoms with Crippen molar-refractivity contribution in [3.63, 3.8) is 0 Å². The van der Waals surface area contributed by atoms with E-state index in [2.05, 4.69) is 45.6 Å². The highest BCUT2D eigenvalue weighted by Gasteiger charge is 2.05. The maximum absolute atomic E-state index is 12.0. The van der Waals surface area contributed by atoms with Crippen LogP contribution in [0.2, 0.25) is 0 Å². The largest absolute Gasteiger partial charge is 0.326 e. The summed E-state index contributed by atoms with van der Waals surface area (Å²) < 4.78 is 1.02. The molecule has 0 spiro atoms. The molecule has 1 amide bonds. The van der Waals surface area contributed by atoms with Gasteiger partial charge in [-0.2, -0.15) is 0 Å². The lowest BCUT2D eigenvalue weighted by atomic mass is 10.1. The first kappa shape index (κ1) is 16.7. The van der Waals surface area contributed by atoms with Gasteiger partial charge in [0, 0.05) is 29.7 Å². The van der Waals surface area contributed by atoms with Crippen LogP contribution in [0.25, 0.3) is 0 Å². The van der Waals surface area contributed by atoms with Crippen molar-refractivity contribution in [2.75, 3.05) is 11.9 Å². The number of nitrogens with one attached hydrogen (secondary N) is 2. The molecule has 0 aromatic heterocycles. The van der Waals surface area contributed by atoms with Gasteiger partial charge in [0.15, 0.2) is 0 Å². The zero-order chi connectivity index (χ0) is 15.9. The van der Waals surface area contributed by atoms with Crippen LogP contribution in [-0.4, -0.2) is 12.5 Å². The second-order valence-corrected chi connectivity index (χ2v) is 6.28. The van der Waals surface area contributed by atoms with E-state index in [4.69, 9.17) is 0 Å². The van der Waals surface area contributed by atoms with Gasteiger partial charge in [0.05, 0.1) is 0 Å². The fraction of sp³-hybridized carbons (Fsp3) is 0.278. The second kappa shape index (κ2) is 8.11. The third kappa shape index (κ3) is 4.97. The molecular weight excluding hydrogens is 340 g/mol. The van der Waals surface area contributed by atoms with Crippen LogP contribution in [0.3, 0.4) is 0 Å². The average Bonchev–Trinajstić information content (AvgIpc) is 2.48. The van der Waals surface area contributed by atoms with Crippen molar-refractivity contribution in [3.05, 3.63) is 63.6 Å². The molecule has 4 heteroatoms. The lowest BCUT2D eigenvalue weighted by molar-refractivity contribution is -0.116. The standard InChI is InChI=1S/C18H21BrN2O/c1-13-5-3-4-6-15(13)12-20-10-9-18(22)21-17-8-7-16(19)11-14(17)2/h3-8,11,20H,9-10,12H2,1-2H3,(H,21,22). The third-order valence-electron chi connectivity index (χ3n) is 3.57. The molecule has 2 aromatic rings. The van der Waals surface area contributed by atoms with E-state index in [0.717, 1.165) is 22.3 Å². The Hall–Kier alpha value is -1.65. The summed E-state index contributed by atoms with van der Waals surface area (Å²) in [6, 6.07) is 14.1. The lowest BCUT2D eigenvalue weighted by Gasteiger charge is -2.10. The van der Waals surface area contributed by atoms with Crippen LogP contribution in [-0.2, 0) is 11.3 Å². The highest BCUT2D eigenvalue weighted by molar-refractivity contribution is 9.10. The van der Waals surface area contributed by atoms with Gasteiger partial charge in [-0.25, -0.2) is 0 Å². The molecule has 0 aliphatic carbocycles. The monoisotopic (exact) mass is 360 g/mol. The van der Waals surface area contributed by atoms with Gasteiger partial charge in [-0.1, -0.05) is 40.2 Å². The Morgan fingerprint density at radius 3 is 2.59 bits per heavy atom. The highest BCUT2D eigenvalue weighted by atomic mass is 79.9. The Morgan fingerprint density at radius 2 is 1.86 bits per heavy atom. The minimum absolute atomic E-state index is 0.0303. The summed E-state index contributed by atoms with van der Waals surface area (Å²) in [5.74, 6) is 0.0303. The van der Waals surface area contributed by atoms with Gasteiger partial charge < -0.3 is 10.6 Å². The van der Waals surface area contributed by atoms with Gasteiger partial charge in [-0.05, 0) is 48.7 Å². The van der Waals surface area contributed by atoms with Crippen LogP contribution < -0.4 is 10.6 Å². The van der Waals surface area contributed by atoms with Gasteiger partial charge in [-0.15, -0.1) is 0 Å². The van der Waals surface area contributed by atoms with E-state index < -0.39 is 0 Å². The molecule has 0 saturated carbocycles. The molecule has 22 heavy (non-hydrogen) atoms. The molecule has 2 aromatic carbocycles. The number of amides is 1. The summed E-state index contributed by atoms with van der Waals surface area (Å²) >= 11 is 3.42. The lowest BCUT2D eigenvalue weighted by Crippen LogP contribution is -2.22. The molecule has 0 saturated heterocycles. The fourth-order valence-corrected chi connectivity index (χ4v) is 2.69. The van der Waals surface area contributed by atoms with Crippen LogP contribution in [0.15, 0.2) is 46.9 Å². The highest BCUT2D eigenvalue weighted by Crippen LogP contribution is 2.20. The normalized spacial score (nSPS) is 10.5. The van der Waals surface area contributed by atoms with Crippen LogP contribution in [0, 0.1) is 13.8 Å². The van der Waals surface area contributed by atoms with E-state index in [-0.39, 0.29) is 5.91 Å². The second-order valence-electron chi connectivity index (χ2n) is 5.36. The first-order chi connectivity index (χ1) is 10.6. The van der Waals surface area contributed by atoms with Crippen molar-refractivity contribution in [2.24, 2.45) is 0 Å². The quantitative estimate of drug-likeness (QED) is 0.758. The molecule has 116 valence electrons. The average molecular weight is 361 g/mol. The molecule has 0 aliphatic heterocycles. The van der Waals surface area contributed by atoms with Crippen LogP contribution in [0.4, 0.5) is 5.69 Å². The molecule has 0 atom stereocenters. The molecule has 0 fully saturated rings. The summed E-state index contributed by atoms with van der Waals surface area (Å²) in [4.78, 5) is 12.0. The van der Waals surface area contributed by atoms with Crippen molar-refractivity contribution in [1.82, 2.24) is 5.32 Å². The summed E-state index contributed by atoms with van der Waals surface area (Å²) in [5.41, 5.74) is 4.46. The predicted octanol–water partition coefficient (Wildman–Crippen LogP) is 4.18. The summed E-state index contributed by atoms with van der Waals surface area (Å²) in [5, 5.41) is 6.26. The van der Waals surface area contributed by atoms with E-state index in [0.29, 0.717) is 13.0 Å². The van der Waals surface area contributed by atoms with Crippen molar-refractivity contribution < 1.29 is 4.79 Å². The van der Waals surface area contributed by atoms with E-state index in [1.165, 1.54) is 11.1 Å². The molecule has 0 radical (unpaired) electrons. The van der Waals surface area contributed by atoms with Crippen molar-refractivity contribution in [2.45, 2.75) is 26.8 Å². The number of halogens is 1. The zero-order valence-electron chi connectivity index (χ0n) is 12.9. The zero-order valence-corrected chi connectivity index (χ0v) is 14.5. The molecule has 0 bridgehead atoms. The molecule has 0 unspecified atom stereocenters. The van der Waals surface area contributed by atoms with E-state index in [1.54, 1.807) is 0 Å². The SMILES string of the molecule is Cc1ccccc1CNCCC(=O)Nc1ccc(Br)cc1C. The van der Waals surface area contributed by atoms with Gasteiger partial charge in [0.25, 0.3) is 0 Å². The predicted molar refractivity (Wildman–Crippen MR) is 95.0 cm³/mol. The van der Waals surface area contributed by atoms with Crippen LogP contribution >= 0.6 is 15.9 Å². The maximum Gasteiger partial charge on any atom is 0.225 e. The molecule has 2 N–H and O–H groups in total. The van der Waals surface area contributed by atoms with Crippen LogP contribution in [0.5, 0.6) is 0 Å². The Kier molecular flexibility index (Phi) is 6.16. The van der Waals surface area contributed by atoms with E-state index in [9.17, 15) is 4.79 Å². The van der Waals surface area contributed by atoms with Crippen molar-refractivity contribution >= 4 is 27.5 Å². The minimum Gasteiger partial charge on any atom is -0.326 e. The number of hydrogen-bond acceptors (Lipinski definition) is 2. The third-order valence-corrected chi connectivity index (χ3v) is 4.06. The number of benzene rings is 2. The summed E-state index contributed by atoms with van der Waals surface area (Å²) in [6.45, 7) is 5.53. The Labute approximate surface area is 140 Å². The number of hydrogen-bond donors (Lipinski definition) is 2. The van der Waals surface area contributed by atoms with Crippen molar-refractivity contribution in [3.8, 4) is 0 Å². The first-order valence-corrected chi connectivity index (χ1v) is 8.17. The summed E-state index contributed by atoms with van der Waals surface area (Å²) in [6.07, 6.45) is 0.460. The minimum atomic E-state index is 0.0303. The molecular formula is C18H21BrN2O. The number of carbonyl (C=O) groups excluding carboxylic acids is 1.